The van der Waals surface area contributed by atoms with E-state index in [1.807, 2.05) is 20.2 Å². The molecule has 1 N–H and O–H groups in total. The van der Waals surface area contributed by atoms with Crippen LogP contribution in [0, 0.1) is 17.1 Å². The number of anilines is 1. The van der Waals surface area contributed by atoms with Gasteiger partial charge in [-0.3, -0.25) is 0 Å². The smallest absolute Gasteiger partial charge is 0.165 e. The van der Waals surface area contributed by atoms with E-state index in [1.165, 1.54) is 12.1 Å². The Balaban J connectivity index is 2.47. The first kappa shape index (κ1) is 11.1. The number of hydrogen-bond acceptors (Lipinski definition) is 3. The van der Waals surface area contributed by atoms with E-state index in [1.54, 1.807) is 17.0 Å². The lowest BCUT2D eigenvalue weighted by atomic mass is 10.2. The number of nitrogens with zero attached hydrogens (tertiary/aromatic N) is 3. The molecule has 1 aromatic carbocycles. The molecule has 0 aliphatic carbocycles. The Kier molecular flexibility index (Phi) is 2.79. The number of aromatic nitrogens is 2. The second-order valence-electron chi connectivity index (χ2n) is 3.80. The third-order valence-electron chi connectivity index (χ3n) is 2.34. The van der Waals surface area contributed by atoms with Crippen molar-refractivity contribution in [2.45, 2.75) is 0 Å². The monoisotopic (exact) mass is 230 g/mol. The van der Waals surface area contributed by atoms with Gasteiger partial charge in [-0.25, -0.2) is 9.37 Å². The van der Waals surface area contributed by atoms with Crippen LogP contribution in [0.5, 0.6) is 0 Å². The van der Waals surface area contributed by atoms with E-state index in [0.717, 1.165) is 5.56 Å². The molecule has 2 rings (SSSR count). The Morgan fingerprint density at radius 2 is 1.94 bits per heavy atom. The number of aromatic amines is 1. The summed E-state index contributed by atoms with van der Waals surface area (Å²) in [6.45, 7) is 0. The molecule has 0 saturated carbocycles. The molecule has 0 unspecified atom stereocenters. The Morgan fingerprint density at radius 1 is 1.29 bits per heavy atom. The van der Waals surface area contributed by atoms with Crippen molar-refractivity contribution in [3.05, 3.63) is 35.8 Å². The van der Waals surface area contributed by atoms with Gasteiger partial charge in [-0.05, 0) is 24.3 Å². The highest BCUT2D eigenvalue weighted by atomic mass is 19.1. The molecule has 17 heavy (non-hydrogen) atoms. The SMILES string of the molecule is CN(C)c1nc(-c2ccc(F)cc2)[nH]c1C#N. The van der Waals surface area contributed by atoms with E-state index < -0.39 is 0 Å². The van der Waals surface area contributed by atoms with E-state index in [9.17, 15) is 4.39 Å². The van der Waals surface area contributed by atoms with Crippen LogP contribution in [0.3, 0.4) is 0 Å². The zero-order chi connectivity index (χ0) is 12.4. The minimum atomic E-state index is -0.298. The maximum atomic E-state index is 12.8. The Bertz CT molecular complexity index is 563. The van der Waals surface area contributed by atoms with Crippen LogP contribution < -0.4 is 4.90 Å². The predicted octanol–water partition coefficient (Wildman–Crippen LogP) is 2.15. The summed E-state index contributed by atoms with van der Waals surface area (Å²) in [5.41, 5.74) is 1.14. The highest BCUT2D eigenvalue weighted by Gasteiger charge is 2.12. The van der Waals surface area contributed by atoms with Gasteiger partial charge in [0, 0.05) is 19.7 Å². The van der Waals surface area contributed by atoms with Gasteiger partial charge in [-0.1, -0.05) is 0 Å². The Hall–Kier alpha value is -2.35. The molecule has 86 valence electrons. The van der Waals surface area contributed by atoms with E-state index in [4.69, 9.17) is 5.26 Å². The zero-order valence-corrected chi connectivity index (χ0v) is 9.53. The van der Waals surface area contributed by atoms with Crippen molar-refractivity contribution in [3.8, 4) is 17.5 Å². The Morgan fingerprint density at radius 3 is 2.41 bits per heavy atom. The van der Waals surface area contributed by atoms with Gasteiger partial charge >= 0.3 is 0 Å². The fraction of sp³-hybridized carbons (Fsp3) is 0.167. The van der Waals surface area contributed by atoms with Crippen molar-refractivity contribution < 1.29 is 4.39 Å². The molecule has 1 heterocycles. The topological polar surface area (TPSA) is 55.7 Å². The van der Waals surface area contributed by atoms with Gasteiger partial charge in [0.25, 0.3) is 0 Å². The fourth-order valence-electron chi connectivity index (χ4n) is 1.51. The molecule has 0 saturated heterocycles. The van der Waals surface area contributed by atoms with Gasteiger partial charge in [0.15, 0.2) is 11.5 Å². The van der Waals surface area contributed by atoms with Crippen LogP contribution in [0.1, 0.15) is 5.69 Å². The summed E-state index contributed by atoms with van der Waals surface area (Å²) >= 11 is 0. The first-order chi connectivity index (χ1) is 8.11. The number of H-pyrrole nitrogens is 1. The first-order valence-electron chi connectivity index (χ1n) is 5.05. The molecule has 0 amide bonds. The lowest BCUT2D eigenvalue weighted by Crippen LogP contribution is -2.10. The van der Waals surface area contributed by atoms with Crippen molar-refractivity contribution in [3.63, 3.8) is 0 Å². The van der Waals surface area contributed by atoms with Gasteiger partial charge in [-0.15, -0.1) is 0 Å². The third kappa shape index (κ3) is 2.11. The van der Waals surface area contributed by atoms with E-state index in [-0.39, 0.29) is 5.82 Å². The van der Waals surface area contributed by atoms with Crippen molar-refractivity contribution in [2.75, 3.05) is 19.0 Å². The van der Waals surface area contributed by atoms with Gasteiger partial charge < -0.3 is 9.88 Å². The lowest BCUT2D eigenvalue weighted by molar-refractivity contribution is 0.628. The largest absolute Gasteiger partial charge is 0.360 e. The molecule has 0 spiro atoms. The first-order valence-corrected chi connectivity index (χ1v) is 5.05. The minimum Gasteiger partial charge on any atom is -0.360 e. The van der Waals surface area contributed by atoms with Crippen molar-refractivity contribution in [1.82, 2.24) is 9.97 Å². The fourth-order valence-corrected chi connectivity index (χ4v) is 1.51. The number of hydrogen-bond donors (Lipinski definition) is 1. The number of nitriles is 1. The molecule has 0 aliphatic rings. The summed E-state index contributed by atoms with van der Waals surface area (Å²) in [5.74, 6) is 0.839. The highest BCUT2D eigenvalue weighted by molar-refractivity contribution is 5.62. The maximum absolute atomic E-state index is 12.8. The second-order valence-corrected chi connectivity index (χ2v) is 3.80. The zero-order valence-electron chi connectivity index (χ0n) is 9.53. The van der Waals surface area contributed by atoms with E-state index in [0.29, 0.717) is 17.3 Å². The molecular formula is C12H11FN4. The average molecular weight is 230 g/mol. The molecule has 0 atom stereocenters. The predicted molar refractivity (Wildman–Crippen MR) is 63.0 cm³/mol. The van der Waals surface area contributed by atoms with E-state index in [2.05, 4.69) is 9.97 Å². The highest BCUT2D eigenvalue weighted by Crippen LogP contribution is 2.22. The van der Waals surface area contributed by atoms with Gasteiger partial charge in [0.05, 0.1) is 0 Å². The number of imidazole rings is 1. The third-order valence-corrected chi connectivity index (χ3v) is 2.34. The van der Waals surface area contributed by atoms with Crippen molar-refractivity contribution in [1.29, 1.82) is 5.26 Å². The average Bonchev–Trinajstić information content (AvgIpc) is 2.74. The second kappa shape index (κ2) is 4.26. The Labute approximate surface area is 98.3 Å². The molecule has 0 fully saturated rings. The van der Waals surface area contributed by atoms with Crippen LogP contribution in [0.4, 0.5) is 10.2 Å². The molecule has 5 heteroatoms. The summed E-state index contributed by atoms with van der Waals surface area (Å²) in [6, 6.07) is 8.00. The van der Waals surface area contributed by atoms with Crippen molar-refractivity contribution >= 4 is 5.82 Å². The number of nitrogens with one attached hydrogen (secondary N) is 1. The number of rotatable bonds is 2. The summed E-state index contributed by atoms with van der Waals surface area (Å²) in [4.78, 5) is 8.97. The van der Waals surface area contributed by atoms with Gasteiger partial charge in [-0.2, -0.15) is 5.26 Å². The van der Waals surface area contributed by atoms with Gasteiger partial charge in [0.1, 0.15) is 17.7 Å². The van der Waals surface area contributed by atoms with Crippen LogP contribution >= 0.6 is 0 Å². The molecule has 1 aromatic heterocycles. The van der Waals surface area contributed by atoms with Crippen LogP contribution in [0.15, 0.2) is 24.3 Å². The summed E-state index contributed by atoms with van der Waals surface area (Å²) < 4.78 is 12.8. The lowest BCUT2D eigenvalue weighted by Gasteiger charge is -2.07. The molecular weight excluding hydrogens is 219 g/mol. The number of halogens is 1. The van der Waals surface area contributed by atoms with Gasteiger partial charge in [0.2, 0.25) is 0 Å². The maximum Gasteiger partial charge on any atom is 0.165 e. The summed E-state index contributed by atoms with van der Waals surface area (Å²) in [7, 11) is 3.62. The number of benzene rings is 1. The van der Waals surface area contributed by atoms with Crippen LogP contribution in [-0.2, 0) is 0 Å². The minimum absolute atomic E-state index is 0.298. The van der Waals surface area contributed by atoms with E-state index >= 15 is 0 Å². The summed E-state index contributed by atoms with van der Waals surface area (Å²) in [6.07, 6.45) is 0. The molecule has 0 radical (unpaired) electrons. The van der Waals surface area contributed by atoms with Crippen LogP contribution in [-0.4, -0.2) is 24.1 Å². The summed E-state index contributed by atoms with van der Waals surface area (Å²) in [5, 5.41) is 8.96. The molecule has 2 aromatic rings. The quantitative estimate of drug-likeness (QED) is 0.860. The molecule has 0 aliphatic heterocycles. The van der Waals surface area contributed by atoms with Crippen LogP contribution in [0.2, 0.25) is 0 Å². The normalized spacial score (nSPS) is 10.0. The molecule has 0 bridgehead atoms. The van der Waals surface area contributed by atoms with Crippen molar-refractivity contribution in [2.24, 2.45) is 0 Å². The standard InChI is InChI=1S/C12H11FN4/c1-17(2)12-10(7-14)15-11(16-12)8-3-5-9(13)6-4-8/h3-6H,1-2H3,(H,15,16). The molecule has 4 nitrogen and oxygen atoms in total. The van der Waals surface area contributed by atoms with Crippen LogP contribution in [0.25, 0.3) is 11.4 Å².